The van der Waals surface area contributed by atoms with Crippen molar-refractivity contribution in [3.63, 3.8) is 0 Å². The van der Waals surface area contributed by atoms with Crippen LogP contribution in [0.5, 0.6) is 0 Å². The van der Waals surface area contributed by atoms with Crippen LogP contribution in [0.1, 0.15) is 119 Å². The van der Waals surface area contributed by atoms with Crippen molar-refractivity contribution in [2.75, 3.05) is 39.4 Å². The summed E-state index contributed by atoms with van der Waals surface area (Å²) in [6.45, 7) is 18.9. The fourth-order valence-electron chi connectivity index (χ4n) is 4.40. The van der Waals surface area contributed by atoms with E-state index in [1.54, 1.807) is 0 Å². The van der Waals surface area contributed by atoms with Gasteiger partial charge in [0.05, 0.1) is 13.2 Å². The molecule has 0 aromatic heterocycles. The number of hydrogen-bond acceptors (Lipinski definition) is 4. The molecule has 1 N–H and O–H groups in total. The first-order valence-electron chi connectivity index (χ1n) is 16.3. The maximum atomic E-state index is 6.54. The molecule has 0 aliphatic heterocycles. The molecule has 39 heavy (non-hydrogen) atoms. The predicted molar refractivity (Wildman–Crippen MR) is 176 cm³/mol. The summed E-state index contributed by atoms with van der Waals surface area (Å²) in [5.74, 6) is 1.11. The zero-order valence-electron chi connectivity index (χ0n) is 26.7. The molecule has 4 nitrogen and oxygen atoms in total. The molecule has 0 bridgehead atoms. The molecule has 5 heteroatoms. The van der Waals surface area contributed by atoms with Gasteiger partial charge in [0.1, 0.15) is 0 Å². The van der Waals surface area contributed by atoms with E-state index in [-0.39, 0.29) is 0 Å². The Labute approximate surface area is 245 Å². The summed E-state index contributed by atoms with van der Waals surface area (Å²) in [4.78, 5) is 2.45. The van der Waals surface area contributed by atoms with Crippen LogP contribution in [0, 0.1) is 11.8 Å². The van der Waals surface area contributed by atoms with Crippen LogP contribution in [0.15, 0.2) is 48.6 Å². The van der Waals surface area contributed by atoms with Crippen LogP contribution in [0.3, 0.4) is 0 Å². The maximum absolute atomic E-state index is 6.54. The van der Waals surface area contributed by atoms with Crippen molar-refractivity contribution in [3.8, 4) is 0 Å². The molecule has 0 atom stereocenters. The SMILES string of the molecule is CC/C=C\CCC(CC/C=C\CC)COP(NCCN(CC)CC)OCC(CC/C=C\CC)CC/C=C\CC. The zero-order valence-corrected chi connectivity index (χ0v) is 27.6. The highest BCUT2D eigenvalue weighted by molar-refractivity contribution is 7.44. The van der Waals surface area contributed by atoms with Crippen molar-refractivity contribution in [3.05, 3.63) is 48.6 Å². The van der Waals surface area contributed by atoms with Gasteiger partial charge in [-0.2, -0.15) is 0 Å². The molecule has 0 amide bonds. The van der Waals surface area contributed by atoms with Gasteiger partial charge in [0.15, 0.2) is 0 Å². The second-order valence-corrected chi connectivity index (χ2v) is 11.7. The van der Waals surface area contributed by atoms with Gasteiger partial charge in [-0.1, -0.05) is 90.2 Å². The number of likely N-dealkylation sites (N-methyl/N-ethyl adjacent to an activating group) is 1. The molecule has 228 valence electrons. The first kappa shape index (κ1) is 38.2. The van der Waals surface area contributed by atoms with E-state index in [9.17, 15) is 0 Å². The Kier molecular flexibility index (Phi) is 29.6. The summed E-state index contributed by atoms with van der Waals surface area (Å²) in [5.41, 5.74) is 0. The van der Waals surface area contributed by atoms with E-state index in [0.29, 0.717) is 11.8 Å². The molecule has 0 aromatic rings. The van der Waals surface area contributed by atoms with Crippen LogP contribution in [-0.2, 0) is 9.05 Å². The van der Waals surface area contributed by atoms with Crippen molar-refractivity contribution in [1.29, 1.82) is 0 Å². The van der Waals surface area contributed by atoms with Gasteiger partial charge >= 0.3 is 0 Å². The van der Waals surface area contributed by atoms with Crippen molar-refractivity contribution in [1.82, 2.24) is 9.99 Å². The minimum atomic E-state index is -1.10. The summed E-state index contributed by atoms with van der Waals surface area (Å²) < 4.78 is 13.1. The molecule has 0 heterocycles. The minimum absolute atomic E-state index is 0.556. The van der Waals surface area contributed by atoms with Gasteiger partial charge in [-0.05, 0) is 102 Å². The molecular formula is C34H65N2O2P. The lowest BCUT2D eigenvalue weighted by Gasteiger charge is -2.25. The third-order valence-electron chi connectivity index (χ3n) is 6.99. The molecular weight excluding hydrogens is 499 g/mol. The second kappa shape index (κ2) is 30.2. The van der Waals surface area contributed by atoms with Crippen LogP contribution in [0.25, 0.3) is 0 Å². The van der Waals surface area contributed by atoms with Crippen molar-refractivity contribution in [2.24, 2.45) is 11.8 Å². The third-order valence-corrected chi connectivity index (χ3v) is 8.24. The highest BCUT2D eigenvalue weighted by Gasteiger charge is 2.18. The molecule has 0 aliphatic carbocycles. The number of hydrogen-bond donors (Lipinski definition) is 1. The minimum Gasteiger partial charge on any atom is -0.322 e. The fourth-order valence-corrected chi connectivity index (χ4v) is 5.63. The molecule has 0 radical (unpaired) electrons. The lowest BCUT2D eigenvalue weighted by atomic mass is 9.98. The molecule has 0 unspecified atom stereocenters. The predicted octanol–water partition coefficient (Wildman–Crippen LogP) is 10.4. The molecule has 0 spiro atoms. The van der Waals surface area contributed by atoms with Crippen LogP contribution < -0.4 is 5.09 Å². The summed E-state index contributed by atoms with van der Waals surface area (Å²) in [6.07, 6.45) is 32.1. The Morgan fingerprint density at radius 3 is 1.23 bits per heavy atom. The Bertz CT molecular complexity index is 536. The van der Waals surface area contributed by atoms with E-state index in [4.69, 9.17) is 9.05 Å². The van der Waals surface area contributed by atoms with E-state index in [2.05, 4.69) is 100 Å². The van der Waals surface area contributed by atoms with Gasteiger partial charge in [0.25, 0.3) is 8.53 Å². The standard InChI is InChI=1S/C34H65N2O2P/c1-7-13-17-21-25-33(26-22-18-14-8-2)31-37-39(35-29-30-36(11-5)12-6)38-32-34(27-23-19-15-9-3)28-24-20-16-10-4/h13-20,33-35H,7-12,21-32H2,1-6H3/b17-13-,18-14-,19-15-,20-16-. The number of allylic oxidation sites excluding steroid dienone is 8. The third kappa shape index (κ3) is 24.7. The van der Waals surface area contributed by atoms with Gasteiger partial charge in [0.2, 0.25) is 0 Å². The van der Waals surface area contributed by atoms with Crippen LogP contribution in [0.4, 0.5) is 0 Å². The largest absolute Gasteiger partial charge is 0.322 e. The first-order chi connectivity index (χ1) is 19.1. The normalized spacial score (nSPS) is 13.0. The number of nitrogens with zero attached hydrogens (tertiary/aromatic N) is 1. The molecule has 0 rings (SSSR count). The van der Waals surface area contributed by atoms with E-state index < -0.39 is 8.53 Å². The average Bonchev–Trinajstić information content (AvgIpc) is 2.95. The quantitative estimate of drug-likeness (QED) is 0.0757. The maximum Gasteiger partial charge on any atom is 0.255 e. The lowest BCUT2D eigenvalue weighted by Crippen LogP contribution is -2.31. The van der Waals surface area contributed by atoms with Gasteiger partial charge in [-0.15, -0.1) is 0 Å². The molecule has 0 saturated carbocycles. The zero-order chi connectivity index (χ0) is 28.8. The Balaban J connectivity index is 5.20. The highest BCUT2D eigenvalue weighted by atomic mass is 31.2. The molecule has 0 fully saturated rings. The number of rotatable bonds is 28. The summed E-state index contributed by atoms with van der Waals surface area (Å²) in [7, 11) is -1.10. The van der Waals surface area contributed by atoms with Crippen molar-refractivity contribution < 1.29 is 9.05 Å². The van der Waals surface area contributed by atoms with Crippen molar-refractivity contribution >= 4 is 8.53 Å². The van der Waals surface area contributed by atoms with Gasteiger partial charge in [-0.25, -0.2) is 5.09 Å². The van der Waals surface area contributed by atoms with Crippen LogP contribution in [-0.4, -0.2) is 44.3 Å². The average molecular weight is 565 g/mol. The van der Waals surface area contributed by atoms with E-state index >= 15 is 0 Å². The fraction of sp³-hybridized carbons (Fsp3) is 0.765. The molecule has 0 saturated heterocycles. The van der Waals surface area contributed by atoms with Crippen LogP contribution in [0.2, 0.25) is 0 Å². The van der Waals surface area contributed by atoms with E-state index in [1.165, 1.54) is 25.7 Å². The summed E-state index contributed by atoms with van der Waals surface area (Å²) in [5, 5.41) is 3.66. The Morgan fingerprint density at radius 2 is 0.923 bits per heavy atom. The van der Waals surface area contributed by atoms with Crippen LogP contribution >= 0.6 is 8.53 Å². The van der Waals surface area contributed by atoms with Gasteiger partial charge in [-0.3, -0.25) is 0 Å². The first-order valence-corrected chi connectivity index (χ1v) is 17.4. The topological polar surface area (TPSA) is 33.7 Å². The highest BCUT2D eigenvalue weighted by Crippen LogP contribution is 2.36. The van der Waals surface area contributed by atoms with Crippen molar-refractivity contribution in [2.45, 2.75) is 119 Å². The number of nitrogens with one attached hydrogen (secondary N) is 1. The Hall–Kier alpha value is -0.770. The van der Waals surface area contributed by atoms with Gasteiger partial charge < -0.3 is 13.9 Å². The second-order valence-electron chi connectivity index (χ2n) is 10.3. The smallest absolute Gasteiger partial charge is 0.255 e. The lowest BCUT2D eigenvalue weighted by molar-refractivity contribution is 0.175. The monoisotopic (exact) mass is 564 g/mol. The summed E-state index contributed by atoms with van der Waals surface area (Å²) in [6, 6.07) is 0. The van der Waals surface area contributed by atoms with E-state index in [1.807, 2.05) is 0 Å². The Morgan fingerprint density at radius 1 is 0.564 bits per heavy atom. The van der Waals surface area contributed by atoms with E-state index in [0.717, 1.165) is 90.8 Å². The molecule has 0 aliphatic rings. The summed E-state index contributed by atoms with van der Waals surface area (Å²) >= 11 is 0. The molecule has 0 aromatic carbocycles. The van der Waals surface area contributed by atoms with Gasteiger partial charge in [0, 0.05) is 13.1 Å².